The molecule has 4 heteroatoms. The minimum atomic E-state index is 0.337. The number of nitrogens with zero attached hydrogens (tertiary/aromatic N) is 2. The average Bonchev–Trinajstić information content (AvgIpc) is 3.25. The van der Waals surface area contributed by atoms with Crippen molar-refractivity contribution < 1.29 is 4.79 Å². The van der Waals surface area contributed by atoms with Crippen molar-refractivity contribution >= 4 is 27.5 Å². The van der Waals surface area contributed by atoms with E-state index in [0.29, 0.717) is 17.7 Å². The average molecular weight is 286 g/mol. The maximum Gasteiger partial charge on any atom is 0.225 e. The molecule has 0 N–H and O–H groups in total. The van der Waals surface area contributed by atoms with Crippen LogP contribution in [0.5, 0.6) is 0 Å². The molecule has 2 heterocycles. The highest BCUT2D eigenvalue weighted by atomic mass is 32.1. The number of rotatable bonds is 2. The van der Waals surface area contributed by atoms with Crippen LogP contribution in [0.3, 0.4) is 0 Å². The predicted molar refractivity (Wildman–Crippen MR) is 80.9 cm³/mol. The van der Waals surface area contributed by atoms with Crippen LogP contribution in [0.15, 0.2) is 24.3 Å². The second-order valence-electron chi connectivity index (χ2n) is 5.92. The van der Waals surface area contributed by atoms with E-state index in [9.17, 15) is 4.79 Å². The molecule has 4 rings (SSSR count). The van der Waals surface area contributed by atoms with Crippen molar-refractivity contribution in [3.8, 4) is 0 Å². The zero-order chi connectivity index (χ0) is 13.5. The van der Waals surface area contributed by atoms with E-state index in [2.05, 4.69) is 23.1 Å². The lowest BCUT2D eigenvalue weighted by Crippen LogP contribution is -2.39. The molecule has 2 fully saturated rings. The molecule has 104 valence electrons. The summed E-state index contributed by atoms with van der Waals surface area (Å²) in [5.74, 6) is 1.16. The van der Waals surface area contributed by atoms with Gasteiger partial charge in [0.05, 0.1) is 15.2 Å². The number of carbonyl (C=O) groups excluding carboxylic acids is 1. The quantitative estimate of drug-likeness (QED) is 0.847. The fourth-order valence-electron chi connectivity index (χ4n) is 3.03. The number of hydrogen-bond donors (Lipinski definition) is 0. The lowest BCUT2D eigenvalue weighted by atomic mass is 9.98. The van der Waals surface area contributed by atoms with Gasteiger partial charge in [0.15, 0.2) is 0 Å². The van der Waals surface area contributed by atoms with Crippen molar-refractivity contribution in [3.05, 3.63) is 29.3 Å². The SMILES string of the molecule is O=C(C1CC1)N1CCC[C@@H](c2nc3ccccc3s2)C1. The number of para-hydroxylation sites is 1. The summed E-state index contributed by atoms with van der Waals surface area (Å²) in [5, 5.41) is 1.21. The van der Waals surface area contributed by atoms with Gasteiger partial charge in [0.25, 0.3) is 0 Å². The van der Waals surface area contributed by atoms with E-state index in [1.165, 1.54) is 9.71 Å². The smallest absolute Gasteiger partial charge is 0.225 e. The summed E-state index contributed by atoms with van der Waals surface area (Å²) in [7, 11) is 0. The van der Waals surface area contributed by atoms with E-state index in [0.717, 1.165) is 44.3 Å². The molecule has 1 atom stereocenters. The van der Waals surface area contributed by atoms with Crippen LogP contribution in [0.4, 0.5) is 0 Å². The van der Waals surface area contributed by atoms with Crippen LogP contribution in [0, 0.1) is 5.92 Å². The summed E-state index contributed by atoms with van der Waals surface area (Å²) in [6, 6.07) is 8.31. The van der Waals surface area contributed by atoms with Crippen LogP contribution in [0.1, 0.15) is 36.6 Å². The van der Waals surface area contributed by atoms with Crippen LogP contribution in [0.2, 0.25) is 0 Å². The van der Waals surface area contributed by atoms with Crippen LogP contribution in [-0.2, 0) is 4.79 Å². The topological polar surface area (TPSA) is 33.2 Å². The number of likely N-dealkylation sites (tertiary alicyclic amines) is 1. The Hall–Kier alpha value is -1.42. The predicted octanol–water partition coefficient (Wildman–Crippen LogP) is 3.41. The molecule has 1 aromatic carbocycles. The summed E-state index contributed by atoms with van der Waals surface area (Å²) >= 11 is 1.79. The molecule has 0 unspecified atom stereocenters. The van der Waals surface area contributed by atoms with Crippen molar-refractivity contribution in [2.45, 2.75) is 31.6 Å². The molecule has 2 aliphatic rings. The second kappa shape index (κ2) is 4.85. The first-order valence-electron chi connectivity index (χ1n) is 7.45. The molecule has 1 aromatic heterocycles. The van der Waals surface area contributed by atoms with Gasteiger partial charge in [-0.15, -0.1) is 11.3 Å². The number of amides is 1. The molecule has 0 radical (unpaired) electrons. The normalized spacial score (nSPS) is 23.2. The molecule has 0 spiro atoms. The summed E-state index contributed by atoms with van der Waals surface area (Å²) in [6.07, 6.45) is 4.47. The van der Waals surface area contributed by atoms with Crippen molar-refractivity contribution in [1.82, 2.24) is 9.88 Å². The molecule has 0 bridgehead atoms. The first-order valence-corrected chi connectivity index (χ1v) is 8.27. The third-order valence-electron chi connectivity index (χ3n) is 4.32. The number of piperidine rings is 1. The molecule has 1 aliphatic carbocycles. The lowest BCUT2D eigenvalue weighted by Gasteiger charge is -2.32. The highest BCUT2D eigenvalue weighted by Crippen LogP contribution is 2.36. The van der Waals surface area contributed by atoms with Gasteiger partial charge >= 0.3 is 0 Å². The van der Waals surface area contributed by atoms with Crippen LogP contribution < -0.4 is 0 Å². The zero-order valence-corrected chi connectivity index (χ0v) is 12.2. The molecule has 2 aromatic rings. The van der Waals surface area contributed by atoms with E-state index in [-0.39, 0.29) is 0 Å². The molecule has 1 aliphatic heterocycles. The van der Waals surface area contributed by atoms with Gasteiger partial charge in [-0.2, -0.15) is 0 Å². The summed E-state index contributed by atoms with van der Waals surface area (Å²) in [4.78, 5) is 19.1. The van der Waals surface area contributed by atoms with Crippen molar-refractivity contribution in [2.75, 3.05) is 13.1 Å². The van der Waals surface area contributed by atoms with E-state index in [1.807, 2.05) is 6.07 Å². The van der Waals surface area contributed by atoms with Crippen molar-refractivity contribution in [2.24, 2.45) is 5.92 Å². The van der Waals surface area contributed by atoms with Gasteiger partial charge in [0.1, 0.15) is 0 Å². The highest BCUT2D eigenvalue weighted by Gasteiger charge is 2.36. The van der Waals surface area contributed by atoms with Gasteiger partial charge in [-0.1, -0.05) is 12.1 Å². The molecule has 3 nitrogen and oxygen atoms in total. The first-order chi connectivity index (χ1) is 9.81. The number of aromatic nitrogens is 1. The minimum absolute atomic E-state index is 0.337. The van der Waals surface area contributed by atoms with Gasteiger partial charge in [-0.05, 0) is 37.8 Å². The number of carbonyl (C=O) groups is 1. The Labute approximate surface area is 122 Å². The lowest BCUT2D eigenvalue weighted by molar-refractivity contribution is -0.133. The van der Waals surface area contributed by atoms with Gasteiger partial charge < -0.3 is 4.90 Å². The Kier molecular flexibility index (Phi) is 2.99. The molecular formula is C16H18N2OS. The number of hydrogen-bond acceptors (Lipinski definition) is 3. The molecule has 1 amide bonds. The van der Waals surface area contributed by atoms with E-state index in [1.54, 1.807) is 11.3 Å². The maximum atomic E-state index is 12.2. The number of thiazole rings is 1. The zero-order valence-electron chi connectivity index (χ0n) is 11.4. The molecular weight excluding hydrogens is 268 g/mol. The van der Waals surface area contributed by atoms with E-state index >= 15 is 0 Å². The third-order valence-corrected chi connectivity index (χ3v) is 5.52. The Morgan fingerprint density at radius 3 is 2.90 bits per heavy atom. The van der Waals surface area contributed by atoms with Crippen LogP contribution in [-0.4, -0.2) is 28.9 Å². The fourth-order valence-corrected chi connectivity index (χ4v) is 4.13. The molecule has 20 heavy (non-hydrogen) atoms. The number of benzene rings is 1. The van der Waals surface area contributed by atoms with Gasteiger partial charge in [-0.3, -0.25) is 4.79 Å². The number of fused-ring (bicyclic) bond motifs is 1. The van der Waals surface area contributed by atoms with Crippen molar-refractivity contribution in [1.29, 1.82) is 0 Å². The Bertz CT molecular complexity index is 614. The molecule has 1 saturated carbocycles. The van der Waals surface area contributed by atoms with Gasteiger partial charge in [0.2, 0.25) is 5.91 Å². The Balaban J connectivity index is 1.56. The summed E-state index contributed by atoms with van der Waals surface area (Å²) < 4.78 is 1.26. The highest BCUT2D eigenvalue weighted by molar-refractivity contribution is 7.18. The van der Waals surface area contributed by atoms with Crippen molar-refractivity contribution in [3.63, 3.8) is 0 Å². The maximum absolute atomic E-state index is 12.2. The van der Waals surface area contributed by atoms with E-state index < -0.39 is 0 Å². The van der Waals surface area contributed by atoms with Gasteiger partial charge in [-0.25, -0.2) is 4.98 Å². The summed E-state index contributed by atoms with van der Waals surface area (Å²) in [6.45, 7) is 1.81. The first kappa shape index (κ1) is 12.3. The van der Waals surface area contributed by atoms with Crippen LogP contribution in [0.25, 0.3) is 10.2 Å². The summed E-state index contributed by atoms with van der Waals surface area (Å²) in [5.41, 5.74) is 1.10. The monoisotopic (exact) mass is 286 g/mol. The molecule has 1 saturated heterocycles. The van der Waals surface area contributed by atoms with Crippen LogP contribution >= 0.6 is 11.3 Å². The van der Waals surface area contributed by atoms with E-state index in [4.69, 9.17) is 4.98 Å². The third kappa shape index (κ3) is 2.22. The van der Waals surface area contributed by atoms with Gasteiger partial charge in [0, 0.05) is 24.9 Å². The standard InChI is InChI=1S/C16H18N2OS/c19-16(11-7-8-11)18-9-3-4-12(10-18)15-17-13-5-1-2-6-14(13)20-15/h1-2,5-6,11-12H,3-4,7-10H2/t12-/m1/s1. The Morgan fingerprint density at radius 2 is 2.10 bits per heavy atom. The second-order valence-corrected chi connectivity index (χ2v) is 6.98. The largest absolute Gasteiger partial charge is 0.342 e. The fraction of sp³-hybridized carbons (Fsp3) is 0.500. The minimum Gasteiger partial charge on any atom is -0.342 e. The Morgan fingerprint density at radius 1 is 1.25 bits per heavy atom.